The molecule has 1 heterocycles. The van der Waals surface area contributed by atoms with Crippen LogP contribution in [0, 0.1) is 6.92 Å². The van der Waals surface area contributed by atoms with E-state index in [2.05, 4.69) is 5.32 Å². The zero-order valence-corrected chi connectivity index (χ0v) is 12.0. The summed E-state index contributed by atoms with van der Waals surface area (Å²) in [6.45, 7) is 3.63. The van der Waals surface area contributed by atoms with Crippen LogP contribution in [-0.2, 0) is 4.79 Å². The maximum atomic E-state index is 12.2. The lowest BCUT2D eigenvalue weighted by atomic mass is 10.2. The Morgan fingerprint density at radius 3 is 2.80 bits per heavy atom. The Bertz CT molecular complexity index is 649. The zero-order valence-electron chi connectivity index (χ0n) is 11.3. The molecule has 0 radical (unpaired) electrons. The minimum absolute atomic E-state index is 0.204. The molecule has 0 aliphatic rings. The van der Waals surface area contributed by atoms with Gasteiger partial charge in [0.1, 0.15) is 6.04 Å². The van der Waals surface area contributed by atoms with Crippen LogP contribution in [0.5, 0.6) is 0 Å². The molecule has 5 heteroatoms. The highest BCUT2D eigenvalue weighted by atomic mass is 35.5. The van der Waals surface area contributed by atoms with Crippen LogP contribution in [0.15, 0.2) is 36.5 Å². The van der Waals surface area contributed by atoms with Gasteiger partial charge < -0.3 is 9.88 Å². The predicted molar refractivity (Wildman–Crippen MR) is 79.3 cm³/mol. The van der Waals surface area contributed by atoms with Crippen molar-refractivity contribution in [1.82, 2.24) is 4.57 Å². The first-order valence-electron chi connectivity index (χ1n) is 6.22. The molecule has 0 spiro atoms. The Hall–Kier alpha value is -2.07. The van der Waals surface area contributed by atoms with Crippen molar-refractivity contribution in [3.63, 3.8) is 0 Å². The van der Waals surface area contributed by atoms with Gasteiger partial charge in [0.2, 0.25) is 5.91 Å². The summed E-state index contributed by atoms with van der Waals surface area (Å²) in [4.78, 5) is 23.1. The predicted octanol–water partition coefficient (Wildman–Crippen LogP) is 3.46. The van der Waals surface area contributed by atoms with Gasteiger partial charge in [0.05, 0.1) is 5.69 Å². The van der Waals surface area contributed by atoms with Gasteiger partial charge in [-0.1, -0.05) is 17.7 Å². The molecule has 2 aromatic rings. The van der Waals surface area contributed by atoms with Crippen LogP contribution in [0.25, 0.3) is 0 Å². The van der Waals surface area contributed by atoms with E-state index in [1.165, 1.54) is 0 Å². The summed E-state index contributed by atoms with van der Waals surface area (Å²) in [5, 5.41) is 3.39. The van der Waals surface area contributed by atoms with Crippen LogP contribution in [0.4, 0.5) is 5.69 Å². The average Bonchev–Trinajstić information content (AvgIpc) is 2.90. The molecule has 20 heavy (non-hydrogen) atoms. The number of rotatable bonds is 4. The second-order valence-electron chi connectivity index (χ2n) is 4.59. The Labute approximate surface area is 122 Å². The summed E-state index contributed by atoms with van der Waals surface area (Å²) in [5.74, 6) is -0.204. The summed E-state index contributed by atoms with van der Waals surface area (Å²) < 4.78 is 1.62. The second-order valence-corrected chi connectivity index (χ2v) is 4.99. The van der Waals surface area contributed by atoms with E-state index in [4.69, 9.17) is 11.6 Å². The van der Waals surface area contributed by atoms with Gasteiger partial charge in [-0.2, -0.15) is 0 Å². The van der Waals surface area contributed by atoms with Crippen molar-refractivity contribution in [2.45, 2.75) is 19.9 Å². The molecule has 0 aliphatic heterocycles. The van der Waals surface area contributed by atoms with E-state index in [0.717, 1.165) is 11.8 Å². The number of halogens is 1. The van der Waals surface area contributed by atoms with Crippen LogP contribution in [-0.4, -0.2) is 16.8 Å². The van der Waals surface area contributed by atoms with Gasteiger partial charge in [-0.15, -0.1) is 0 Å². The van der Waals surface area contributed by atoms with E-state index in [9.17, 15) is 9.59 Å². The Balaban J connectivity index is 2.15. The number of anilines is 1. The third kappa shape index (κ3) is 2.91. The van der Waals surface area contributed by atoms with Crippen LogP contribution in [0.1, 0.15) is 29.0 Å². The van der Waals surface area contributed by atoms with E-state index in [1.807, 2.05) is 13.0 Å². The van der Waals surface area contributed by atoms with Gasteiger partial charge >= 0.3 is 0 Å². The van der Waals surface area contributed by atoms with Crippen molar-refractivity contribution >= 4 is 29.5 Å². The molecular formula is C15H15ClN2O2. The fraction of sp³-hybridized carbons (Fsp3) is 0.200. The minimum atomic E-state index is -0.481. The summed E-state index contributed by atoms with van der Waals surface area (Å²) in [5.41, 5.74) is 2.05. The fourth-order valence-corrected chi connectivity index (χ4v) is 2.08. The van der Waals surface area contributed by atoms with Gasteiger partial charge in [0.15, 0.2) is 6.29 Å². The molecule has 4 nitrogen and oxygen atoms in total. The monoisotopic (exact) mass is 290 g/mol. The van der Waals surface area contributed by atoms with E-state index >= 15 is 0 Å². The third-order valence-corrected chi connectivity index (χ3v) is 3.58. The number of aromatic nitrogens is 1. The van der Waals surface area contributed by atoms with Crippen LogP contribution >= 0.6 is 11.6 Å². The highest BCUT2D eigenvalue weighted by Gasteiger charge is 2.17. The van der Waals surface area contributed by atoms with Gasteiger partial charge in [-0.05, 0) is 43.7 Å². The summed E-state index contributed by atoms with van der Waals surface area (Å²) >= 11 is 6.02. The molecule has 1 amide bonds. The lowest BCUT2D eigenvalue weighted by Gasteiger charge is -2.15. The van der Waals surface area contributed by atoms with E-state index in [0.29, 0.717) is 16.4 Å². The molecule has 1 aromatic carbocycles. The molecule has 0 aliphatic carbocycles. The molecule has 0 bridgehead atoms. The molecule has 0 fully saturated rings. The molecular weight excluding hydrogens is 276 g/mol. The number of benzene rings is 1. The van der Waals surface area contributed by atoms with Crippen molar-refractivity contribution in [3.05, 3.63) is 52.8 Å². The normalized spacial score (nSPS) is 11.9. The summed E-state index contributed by atoms with van der Waals surface area (Å²) in [6.07, 6.45) is 2.43. The molecule has 104 valence electrons. The first-order chi connectivity index (χ1) is 9.52. The molecule has 2 rings (SSSR count). The molecule has 1 N–H and O–H groups in total. The minimum Gasteiger partial charge on any atom is -0.333 e. The quantitative estimate of drug-likeness (QED) is 0.877. The largest absolute Gasteiger partial charge is 0.333 e. The van der Waals surface area contributed by atoms with Crippen LogP contribution < -0.4 is 5.32 Å². The second kappa shape index (κ2) is 5.92. The van der Waals surface area contributed by atoms with Crippen LogP contribution in [0.2, 0.25) is 5.02 Å². The van der Waals surface area contributed by atoms with Gasteiger partial charge in [0.25, 0.3) is 0 Å². The maximum Gasteiger partial charge on any atom is 0.247 e. The maximum absolute atomic E-state index is 12.2. The standard InChI is InChI=1S/C15H15ClN2O2/c1-10-5-6-12(8-14(10)16)17-15(20)11(2)18-7-3-4-13(18)9-19/h3-9,11H,1-2H3,(H,17,20). The van der Waals surface area contributed by atoms with Gasteiger partial charge in [-0.25, -0.2) is 0 Å². The number of aryl methyl sites for hydroxylation is 1. The number of aldehydes is 1. The zero-order chi connectivity index (χ0) is 14.7. The molecule has 0 saturated heterocycles. The van der Waals surface area contributed by atoms with Crippen LogP contribution in [0.3, 0.4) is 0 Å². The average molecular weight is 291 g/mol. The molecule has 1 aromatic heterocycles. The smallest absolute Gasteiger partial charge is 0.247 e. The number of carbonyl (C=O) groups is 2. The van der Waals surface area contributed by atoms with Crippen molar-refractivity contribution in [3.8, 4) is 0 Å². The number of amides is 1. The van der Waals surface area contributed by atoms with E-state index < -0.39 is 6.04 Å². The van der Waals surface area contributed by atoms with Crippen molar-refractivity contribution in [2.75, 3.05) is 5.32 Å². The van der Waals surface area contributed by atoms with Gasteiger partial charge in [0, 0.05) is 16.9 Å². The number of hydrogen-bond acceptors (Lipinski definition) is 2. The number of nitrogens with zero attached hydrogens (tertiary/aromatic N) is 1. The summed E-state index contributed by atoms with van der Waals surface area (Å²) in [6, 6.07) is 8.26. The lowest BCUT2D eigenvalue weighted by Crippen LogP contribution is -2.24. The fourth-order valence-electron chi connectivity index (χ4n) is 1.90. The first-order valence-corrected chi connectivity index (χ1v) is 6.59. The van der Waals surface area contributed by atoms with Gasteiger partial charge in [-0.3, -0.25) is 9.59 Å². The Morgan fingerprint density at radius 1 is 1.40 bits per heavy atom. The van der Waals surface area contributed by atoms with E-state index in [1.54, 1.807) is 42.0 Å². The molecule has 1 atom stereocenters. The summed E-state index contributed by atoms with van der Waals surface area (Å²) in [7, 11) is 0. The van der Waals surface area contributed by atoms with E-state index in [-0.39, 0.29) is 5.91 Å². The number of nitrogens with one attached hydrogen (secondary N) is 1. The highest BCUT2D eigenvalue weighted by molar-refractivity contribution is 6.31. The SMILES string of the molecule is Cc1ccc(NC(=O)C(C)n2cccc2C=O)cc1Cl. The molecule has 0 saturated carbocycles. The number of carbonyl (C=O) groups excluding carboxylic acids is 2. The van der Waals surface area contributed by atoms with Crippen molar-refractivity contribution in [1.29, 1.82) is 0 Å². The van der Waals surface area contributed by atoms with Crippen molar-refractivity contribution < 1.29 is 9.59 Å². The number of hydrogen-bond donors (Lipinski definition) is 1. The lowest BCUT2D eigenvalue weighted by molar-refractivity contribution is -0.118. The third-order valence-electron chi connectivity index (χ3n) is 3.17. The topological polar surface area (TPSA) is 51.1 Å². The van der Waals surface area contributed by atoms with Crippen molar-refractivity contribution in [2.24, 2.45) is 0 Å². The Kier molecular flexibility index (Phi) is 4.25. The Morgan fingerprint density at radius 2 is 2.15 bits per heavy atom. The molecule has 1 unspecified atom stereocenters. The highest BCUT2D eigenvalue weighted by Crippen LogP contribution is 2.21. The first kappa shape index (κ1) is 14.3.